The number of benzene rings is 2. The third kappa shape index (κ3) is 10.7. The summed E-state index contributed by atoms with van der Waals surface area (Å²) >= 11 is 0. The normalized spacial score (nSPS) is 7.86. The molecule has 120 valence electrons. The van der Waals surface area contributed by atoms with E-state index in [-0.39, 0.29) is 0 Å². The van der Waals surface area contributed by atoms with E-state index in [1.807, 2.05) is 52.0 Å². The molecule has 2 aromatic carbocycles. The lowest BCUT2D eigenvalue weighted by atomic mass is 10.1. The molecule has 0 atom stereocenters. The van der Waals surface area contributed by atoms with Crippen LogP contribution in [0.3, 0.4) is 0 Å². The van der Waals surface area contributed by atoms with Gasteiger partial charge in [0.05, 0.1) is 0 Å². The van der Waals surface area contributed by atoms with Gasteiger partial charge in [0.15, 0.2) is 0 Å². The molecular formula is C22H32. The number of rotatable bonds is 2. The molecule has 0 heterocycles. The lowest BCUT2D eigenvalue weighted by Gasteiger charge is -1.94. The number of aryl methyl sites for hydroxylation is 2. The molecule has 2 aromatic rings. The summed E-state index contributed by atoms with van der Waals surface area (Å²) in [4.78, 5) is 0. The summed E-state index contributed by atoms with van der Waals surface area (Å²) < 4.78 is 0. The minimum absolute atomic E-state index is 0.972. The van der Waals surface area contributed by atoms with Gasteiger partial charge in [0, 0.05) is 5.56 Å². The van der Waals surface area contributed by atoms with Crippen LogP contribution >= 0.6 is 0 Å². The average Bonchev–Trinajstić information content (AvgIpc) is 2.66. The third-order valence-corrected chi connectivity index (χ3v) is 2.75. The van der Waals surface area contributed by atoms with E-state index in [0.717, 1.165) is 18.4 Å². The van der Waals surface area contributed by atoms with Crippen molar-refractivity contribution >= 4 is 0 Å². The van der Waals surface area contributed by atoms with Crippen LogP contribution in [0.4, 0.5) is 0 Å². The fourth-order valence-electron chi connectivity index (χ4n) is 1.59. The quantitative estimate of drug-likeness (QED) is 0.552. The summed E-state index contributed by atoms with van der Waals surface area (Å²) in [6.45, 7) is 12.3. The minimum atomic E-state index is 0.972. The molecule has 0 N–H and O–H groups in total. The zero-order chi connectivity index (χ0) is 17.2. The largest absolute Gasteiger partial charge is 0.115 e. The summed E-state index contributed by atoms with van der Waals surface area (Å²) in [6, 6.07) is 18.5. The molecule has 0 radical (unpaired) electrons. The van der Waals surface area contributed by atoms with E-state index in [1.165, 1.54) is 11.1 Å². The van der Waals surface area contributed by atoms with Crippen LogP contribution in [0.2, 0.25) is 0 Å². The summed E-state index contributed by atoms with van der Waals surface area (Å²) in [5.41, 5.74) is 3.68. The smallest absolute Gasteiger partial charge is 0.0245 e. The lowest BCUT2D eigenvalue weighted by molar-refractivity contribution is 1.14. The predicted molar refractivity (Wildman–Crippen MR) is 102 cm³/mol. The Morgan fingerprint density at radius 2 is 1.23 bits per heavy atom. The monoisotopic (exact) mass is 296 g/mol. The number of hydrogen-bond acceptors (Lipinski definition) is 0. The van der Waals surface area contributed by atoms with Crippen molar-refractivity contribution in [1.82, 2.24) is 0 Å². The Bertz CT molecular complexity index is 489. The zero-order valence-electron chi connectivity index (χ0n) is 15.2. The van der Waals surface area contributed by atoms with Gasteiger partial charge >= 0.3 is 0 Å². The van der Waals surface area contributed by atoms with Crippen LogP contribution in [0.1, 0.15) is 58.2 Å². The molecule has 0 bridgehead atoms. The van der Waals surface area contributed by atoms with Crippen molar-refractivity contribution in [3.63, 3.8) is 0 Å². The maximum absolute atomic E-state index is 5.22. The van der Waals surface area contributed by atoms with Crippen LogP contribution < -0.4 is 0 Å². The highest BCUT2D eigenvalue weighted by atomic mass is 13.9. The maximum atomic E-state index is 5.22. The van der Waals surface area contributed by atoms with Crippen molar-refractivity contribution in [1.29, 1.82) is 0 Å². The molecule has 0 fully saturated rings. The molecule has 0 spiro atoms. The van der Waals surface area contributed by atoms with Crippen molar-refractivity contribution in [3.05, 3.63) is 71.3 Å². The Kier molecular flexibility index (Phi) is 17.3. The van der Waals surface area contributed by atoms with Gasteiger partial charge in [-0.15, -0.1) is 6.42 Å². The SMILES string of the molecule is C#Cc1cccc(CC)c1.CC.CC.CCc1ccccc1. The molecule has 0 amide bonds. The summed E-state index contributed by atoms with van der Waals surface area (Å²) in [6.07, 6.45) is 7.41. The van der Waals surface area contributed by atoms with E-state index < -0.39 is 0 Å². The molecule has 0 aliphatic rings. The van der Waals surface area contributed by atoms with Crippen LogP contribution in [-0.4, -0.2) is 0 Å². The van der Waals surface area contributed by atoms with Gasteiger partial charge in [-0.2, -0.15) is 0 Å². The fraction of sp³-hybridized carbons (Fsp3) is 0.364. The Labute approximate surface area is 138 Å². The molecule has 0 saturated heterocycles. The standard InChI is InChI=1S/C10H10.C8H10.2C2H6/c1-3-9-6-5-7-10(4-2)8-9;1-2-8-6-4-3-5-7-8;2*1-2/h1,5-8H,4H2,2H3;3-7H,2H2,1H3;2*1-2H3. The van der Waals surface area contributed by atoms with E-state index in [9.17, 15) is 0 Å². The van der Waals surface area contributed by atoms with Gasteiger partial charge < -0.3 is 0 Å². The number of terminal acetylenes is 1. The summed E-state index contributed by atoms with van der Waals surface area (Å²) in [7, 11) is 0. The van der Waals surface area contributed by atoms with Crippen molar-refractivity contribution in [3.8, 4) is 12.3 Å². The summed E-state index contributed by atoms with van der Waals surface area (Å²) in [5, 5.41) is 0. The number of hydrogen-bond donors (Lipinski definition) is 0. The first kappa shape index (κ1) is 22.3. The Balaban J connectivity index is 0. The lowest BCUT2D eigenvalue weighted by Crippen LogP contribution is -1.80. The van der Waals surface area contributed by atoms with Gasteiger partial charge in [-0.05, 0) is 36.1 Å². The molecule has 0 saturated carbocycles. The van der Waals surface area contributed by atoms with Crippen molar-refractivity contribution in [2.75, 3.05) is 0 Å². The predicted octanol–water partition coefficient (Wildman–Crippen LogP) is 6.53. The van der Waals surface area contributed by atoms with E-state index in [1.54, 1.807) is 0 Å². The van der Waals surface area contributed by atoms with E-state index in [0.29, 0.717) is 0 Å². The van der Waals surface area contributed by atoms with Crippen LogP contribution in [0.25, 0.3) is 0 Å². The van der Waals surface area contributed by atoms with Crippen LogP contribution in [0.15, 0.2) is 54.6 Å². The second kappa shape index (κ2) is 17.1. The molecule has 0 heteroatoms. The fourth-order valence-corrected chi connectivity index (χ4v) is 1.59. The first-order chi connectivity index (χ1) is 10.8. The molecule has 22 heavy (non-hydrogen) atoms. The Hall–Kier alpha value is -2.00. The molecule has 0 aromatic heterocycles. The van der Waals surface area contributed by atoms with Crippen LogP contribution in [0, 0.1) is 12.3 Å². The minimum Gasteiger partial charge on any atom is -0.115 e. The topological polar surface area (TPSA) is 0 Å². The van der Waals surface area contributed by atoms with Gasteiger partial charge in [-0.25, -0.2) is 0 Å². The Morgan fingerprint density at radius 3 is 1.64 bits per heavy atom. The van der Waals surface area contributed by atoms with Crippen molar-refractivity contribution < 1.29 is 0 Å². The van der Waals surface area contributed by atoms with E-state index >= 15 is 0 Å². The zero-order valence-corrected chi connectivity index (χ0v) is 15.2. The van der Waals surface area contributed by atoms with Crippen LogP contribution in [0.5, 0.6) is 0 Å². The third-order valence-electron chi connectivity index (χ3n) is 2.75. The average molecular weight is 296 g/mol. The van der Waals surface area contributed by atoms with Gasteiger partial charge in [0.1, 0.15) is 0 Å². The molecular weight excluding hydrogens is 264 g/mol. The highest BCUT2D eigenvalue weighted by Gasteiger charge is 1.88. The van der Waals surface area contributed by atoms with Gasteiger partial charge in [0.2, 0.25) is 0 Å². The second-order valence-corrected chi connectivity index (χ2v) is 4.04. The molecule has 0 aliphatic heterocycles. The molecule has 0 aliphatic carbocycles. The Morgan fingerprint density at radius 1 is 0.727 bits per heavy atom. The van der Waals surface area contributed by atoms with Crippen molar-refractivity contribution in [2.45, 2.75) is 54.4 Å². The summed E-state index contributed by atoms with van der Waals surface area (Å²) in [5.74, 6) is 2.60. The first-order valence-electron chi connectivity index (χ1n) is 8.39. The van der Waals surface area contributed by atoms with E-state index in [4.69, 9.17) is 6.42 Å². The van der Waals surface area contributed by atoms with Crippen molar-refractivity contribution in [2.24, 2.45) is 0 Å². The second-order valence-electron chi connectivity index (χ2n) is 4.04. The molecule has 0 unspecified atom stereocenters. The highest BCUT2D eigenvalue weighted by molar-refractivity contribution is 5.35. The van der Waals surface area contributed by atoms with E-state index in [2.05, 4.69) is 50.1 Å². The first-order valence-corrected chi connectivity index (χ1v) is 8.39. The van der Waals surface area contributed by atoms with Gasteiger partial charge in [0.25, 0.3) is 0 Å². The molecule has 0 nitrogen and oxygen atoms in total. The molecule has 2 rings (SSSR count). The maximum Gasteiger partial charge on any atom is 0.0245 e. The van der Waals surface area contributed by atoms with Crippen LogP contribution in [-0.2, 0) is 12.8 Å². The van der Waals surface area contributed by atoms with Gasteiger partial charge in [-0.1, -0.05) is 89.9 Å². The highest BCUT2D eigenvalue weighted by Crippen LogP contribution is 2.03. The van der Waals surface area contributed by atoms with Gasteiger partial charge in [-0.3, -0.25) is 0 Å².